The van der Waals surface area contributed by atoms with Crippen LogP contribution in [0.3, 0.4) is 0 Å². The lowest BCUT2D eigenvalue weighted by Gasteiger charge is -2.17. The van der Waals surface area contributed by atoms with Crippen molar-refractivity contribution in [2.75, 3.05) is 22.6 Å². The molecule has 0 radical (unpaired) electrons. The molecule has 202 valence electrons. The monoisotopic (exact) mass is 553 g/mol. The summed E-state index contributed by atoms with van der Waals surface area (Å²) < 4.78 is 10.7. The molecule has 0 unspecified atom stereocenters. The summed E-state index contributed by atoms with van der Waals surface area (Å²) in [5, 5.41) is 5.97. The molecule has 4 aromatic rings. The van der Waals surface area contributed by atoms with E-state index in [0.29, 0.717) is 27.7 Å². The molecule has 0 atom stereocenters. The minimum atomic E-state index is -0.471. The standard InChI is InChI=1S/C31H27N3O5S/c1-18-10-13-25(38-4)24(15-18)33-27-28(31(37)34(30(27)36)22-12-11-19(2)20(3)16-22)40-23-8-5-7-21(17-23)32-29(35)26-9-6-14-39-26/h5-17,33H,1-4H3,(H,32,35). The average molecular weight is 554 g/mol. The number of imide groups is 1. The van der Waals surface area contributed by atoms with Crippen LogP contribution in [0, 0.1) is 20.8 Å². The van der Waals surface area contributed by atoms with Crippen molar-refractivity contribution in [1.29, 1.82) is 0 Å². The van der Waals surface area contributed by atoms with Crippen LogP contribution in [0.5, 0.6) is 5.75 Å². The van der Waals surface area contributed by atoms with Crippen LogP contribution >= 0.6 is 11.8 Å². The Bertz CT molecular complexity index is 1660. The highest BCUT2D eigenvalue weighted by Gasteiger charge is 2.40. The van der Waals surface area contributed by atoms with Crippen molar-refractivity contribution in [3.63, 3.8) is 0 Å². The van der Waals surface area contributed by atoms with Crippen LogP contribution in [0.25, 0.3) is 0 Å². The van der Waals surface area contributed by atoms with Gasteiger partial charge in [0.05, 0.1) is 24.7 Å². The van der Waals surface area contributed by atoms with Gasteiger partial charge in [-0.15, -0.1) is 0 Å². The zero-order valence-corrected chi connectivity index (χ0v) is 23.2. The van der Waals surface area contributed by atoms with E-state index in [1.54, 1.807) is 49.6 Å². The van der Waals surface area contributed by atoms with Gasteiger partial charge < -0.3 is 19.8 Å². The van der Waals surface area contributed by atoms with E-state index in [9.17, 15) is 14.4 Å². The third-order valence-corrected chi connectivity index (χ3v) is 7.53. The topological polar surface area (TPSA) is 101 Å². The molecule has 2 N–H and O–H groups in total. The zero-order valence-electron chi connectivity index (χ0n) is 22.4. The zero-order chi connectivity index (χ0) is 28.4. The summed E-state index contributed by atoms with van der Waals surface area (Å²) in [4.78, 5) is 42.2. The predicted molar refractivity (Wildman–Crippen MR) is 156 cm³/mol. The van der Waals surface area contributed by atoms with Gasteiger partial charge >= 0.3 is 0 Å². The predicted octanol–water partition coefficient (Wildman–Crippen LogP) is 6.45. The summed E-state index contributed by atoms with van der Waals surface area (Å²) in [6, 6.07) is 21.3. The number of carbonyl (C=O) groups excluding carboxylic acids is 3. The normalized spacial score (nSPS) is 13.2. The minimum absolute atomic E-state index is 0.141. The second kappa shape index (κ2) is 11.2. The molecular formula is C31H27N3O5S. The molecule has 3 aromatic carbocycles. The number of carbonyl (C=O) groups is 3. The summed E-state index contributed by atoms with van der Waals surface area (Å²) in [7, 11) is 1.55. The highest BCUT2D eigenvalue weighted by molar-refractivity contribution is 8.04. The van der Waals surface area contributed by atoms with E-state index in [2.05, 4.69) is 10.6 Å². The molecule has 0 saturated carbocycles. The number of aryl methyl sites for hydroxylation is 3. The molecule has 1 aromatic heterocycles. The Balaban J connectivity index is 1.52. The van der Waals surface area contributed by atoms with Gasteiger partial charge in [-0.2, -0.15) is 0 Å². The number of rotatable bonds is 8. The number of amides is 3. The number of anilines is 3. The highest BCUT2D eigenvalue weighted by atomic mass is 32.2. The lowest BCUT2D eigenvalue weighted by atomic mass is 10.1. The Morgan fingerprint density at radius 1 is 0.900 bits per heavy atom. The van der Waals surface area contributed by atoms with E-state index in [4.69, 9.17) is 9.15 Å². The van der Waals surface area contributed by atoms with E-state index < -0.39 is 17.7 Å². The van der Waals surface area contributed by atoms with Gasteiger partial charge in [0, 0.05) is 10.6 Å². The SMILES string of the molecule is COc1ccc(C)cc1NC1=C(Sc2cccc(NC(=O)c3ccco3)c2)C(=O)N(c2ccc(C)c(C)c2)C1=O. The molecule has 0 spiro atoms. The number of hydrogen-bond acceptors (Lipinski definition) is 7. The Kier molecular flexibility index (Phi) is 7.48. The van der Waals surface area contributed by atoms with Crippen LogP contribution < -0.4 is 20.3 Å². The van der Waals surface area contributed by atoms with Crippen LogP contribution in [0.1, 0.15) is 27.2 Å². The van der Waals surface area contributed by atoms with Gasteiger partial charge in [0.25, 0.3) is 17.7 Å². The Hall–Kier alpha value is -4.76. The van der Waals surface area contributed by atoms with Crippen molar-refractivity contribution in [2.24, 2.45) is 0 Å². The fraction of sp³-hybridized carbons (Fsp3) is 0.129. The first-order valence-corrected chi connectivity index (χ1v) is 13.3. The minimum Gasteiger partial charge on any atom is -0.495 e. The van der Waals surface area contributed by atoms with E-state index in [-0.39, 0.29) is 16.4 Å². The van der Waals surface area contributed by atoms with Gasteiger partial charge in [-0.3, -0.25) is 14.4 Å². The number of hydrogen-bond donors (Lipinski definition) is 2. The first-order valence-electron chi connectivity index (χ1n) is 12.5. The summed E-state index contributed by atoms with van der Waals surface area (Å²) in [6.07, 6.45) is 1.43. The number of nitrogens with one attached hydrogen (secondary N) is 2. The molecule has 5 rings (SSSR count). The number of nitrogens with zero attached hydrogens (tertiary/aromatic N) is 1. The first kappa shape index (κ1) is 26.8. The van der Waals surface area contributed by atoms with E-state index >= 15 is 0 Å². The van der Waals surface area contributed by atoms with Gasteiger partial charge in [-0.25, -0.2) is 4.90 Å². The largest absolute Gasteiger partial charge is 0.495 e. The number of methoxy groups -OCH3 is 1. The summed E-state index contributed by atoms with van der Waals surface area (Å²) in [5.41, 5.74) is 4.70. The summed E-state index contributed by atoms with van der Waals surface area (Å²) >= 11 is 1.14. The van der Waals surface area contributed by atoms with Gasteiger partial charge in [-0.05, 0) is 92.1 Å². The number of ether oxygens (including phenoxy) is 1. The van der Waals surface area contributed by atoms with Crippen molar-refractivity contribution >= 4 is 46.5 Å². The fourth-order valence-corrected chi connectivity index (χ4v) is 5.21. The van der Waals surface area contributed by atoms with Gasteiger partial charge in [-0.1, -0.05) is 30.0 Å². The van der Waals surface area contributed by atoms with Crippen LogP contribution in [0.4, 0.5) is 17.1 Å². The molecule has 9 heteroatoms. The van der Waals surface area contributed by atoms with E-state index in [1.807, 2.05) is 51.1 Å². The molecule has 0 saturated heterocycles. The maximum absolute atomic E-state index is 13.8. The van der Waals surface area contributed by atoms with Crippen LogP contribution in [-0.4, -0.2) is 24.8 Å². The summed E-state index contributed by atoms with van der Waals surface area (Å²) in [5.74, 6) is -0.595. The van der Waals surface area contributed by atoms with Crippen molar-refractivity contribution in [3.05, 3.63) is 112 Å². The van der Waals surface area contributed by atoms with Crippen molar-refractivity contribution in [1.82, 2.24) is 0 Å². The summed E-state index contributed by atoms with van der Waals surface area (Å²) in [6.45, 7) is 5.84. The van der Waals surface area contributed by atoms with Gasteiger partial charge in [0.1, 0.15) is 16.4 Å². The molecular weight excluding hydrogens is 526 g/mol. The Labute approximate surface area is 236 Å². The maximum Gasteiger partial charge on any atom is 0.291 e. The third-order valence-electron chi connectivity index (χ3n) is 6.46. The number of benzene rings is 3. The van der Waals surface area contributed by atoms with Crippen LogP contribution in [0.15, 0.2) is 99.0 Å². The van der Waals surface area contributed by atoms with E-state index in [1.165, 1.54) is 11.2 Å². The lowest BCUT2D eigenvalue weighted by molar-refractivity contribution is -0.120. The Morgan fingerprint density at radius 3 is 2.45 bits per heavy atom. The smallest absolute Gasteiger partial charge is 0.291 e. The maximum atomic E-state index is 13.8. The molecule has 0 bridgehead atoms. The molecule has 3 amide bonds. The molecule has 8 nitrogen and oxygen atoms in total. The van der Waals surface area contributed by atoms with Crippen molar-refractivity contribution in [2.45, 2.75) is 25.7 Å². The average Bonchev–Trinajstić information content (AvgIpc) is 3.55. The molecule has 1 aliphatic rings. The quantitative estimate of drug-likeness (QED) is 0.242. The van der Waals surface area contributed by atoms with Crippen molar-refractivity contribution < 1.29 is 23.5 Å². The first-order chi connectivity index (χ1) is 19.2. The van der Waals surface area contributed by atoms with Crippen LogP contribution in [0.2, 0.25) is 0 Å². The second-order valence-electron chi connectivity index (χ2n) is 9.31. The Morgan fingerprint density at radius 2 is 1.73 bits per heavy atom. The number of furan rings is 1. The lowest BCUT2D eigenvalue weighted by Crippen LogP contribution is -2.32. The third kappa shape index (κ3) is 5.37. The molecule has 0 fully saturated rings. The van der Waals surface area contributed by atoms with Gasteiger partial charge in [0.15, 0.2) is 5.76 Å². The molecule has 1 aliphatic heterocycles. The van der Waals surface area contributed by atoms with Gasteiger partial charge in [0.2, 0.25) is 0 Å². The molecule has 0 aliphatic carbocycles. The molecule has 2 heterocycles. The number of thioether (sulfide) groups is 1. The van der Waals surface area contributed by atoms with Crippen molar-refractivity contribution in [3.8, 4) is 5.75 Å². The van der Waals surface area contributed by atoms with Crippen LogP contribution in [-0.2, 0) is 9.59 Å². The molecule has 40 heavy (non-hydrogen) atoms. The highest BCUT2D eigenvalue weighted by Crippen LogP contribution is 2.40. The fourth-order valence-electron chi connectivity index (χ4n) is 4.22. The van der Waals surface area contributed by atoms with E-state index in [0.717, 1.165) is 28.5 Å². The second-order valence-corrected chi connectivity index (χ2v) is 10.4.